The third kappa shape index (κ3) is 55.0. The first-order chi connectivity index (χ1) is 37.9. The maximum absolute atomic E-state index is 12.9. The molecule has 0 spiro atoms. The second-order valence-corrected chi connectivity index (χ2v) is 25.6. The summed E-state index contributed by atoms with van der Waals surface area (Å²) >= 11 is 0. The number of rotatable bonds is 59. The van der Waals surface area contributed by atoms with Gasteiger partial charge in [0.05, 0.1) is 26.4 Å². The molecule has 5 atom stereocenters. The maximum Gasteiger partial charge on any atom is 0.472 e. The predicted octanol–water partition coefficient (Wildman–Crippen LogP) is 16.1. The van der Waals surface area contributed by atoms with Crippen molar-refractivity contribution in [3.05, 3.63) is 0 Å². The molecule has 0 aliphatic heterocycles. The van der Waals surface area contributed by atoms with Gasteiger partial charge in [-0.2, -0.15) is 0 Å². The van der Waals surface area contributed by atoms with Crippen LogP contribution >= 0.6 is 15.6 Å². The summed E-state index contributed by atoms with van der Waals surface area (Å²) in [5.41, 5.74) is 0. The number of carbonyl (C=O) groups is 4. The molecule has 17 nitrogen and oxygen atoms in total. The molecular formula is C60H116O17P2. The van der Waals surface area contributed by atoms with Crippen LogP contribution in [-0.4, -0.2) is 96.7 Å². The maximum atomic E-state index is 12.9. The average Bonchev–Trinajstić information content (AvgIpc) is 3.40. The minimum atomic E-state index is -4.94. The lowest BCUT2D eigenvalue weighted by Crippen LogP contribution is -2.30. The minimum absolute atomic E-state index is 0.0985. The van der Waals surface area contributed by atoms with Gasteiger partial charge in [0.2, 0.25) is 0 Å². The molecule has 3 N–H and O–H groups in total. The van der Waals surface area contributed by atoms with Crippen LogP contribution in [0.2, 0.25) is 0 Å². The molecular weight excluding hydrogens is 1050 g/mol. The Morgan fingerprint density at radius 3 is 0.861 bits per heavy atom. The van der Waals surface area contributed by atoms with Gasteiger partial charge in [0.1, 0.15) is 19.3 Å². The second kappa shape index (κ2) is 52.8. The number of aliphatic hydroxyl groups is 1. The monoisotopic (exact) mass is 1170 g/mol. The number of hydrogen-bond acceptors (Lipinski definition) is 15. The van der Waals surface area contributed by atoms with Gasteiger partial charge in [0.25, 0.3) is 0 Å². The first kappa shape index (κ1) is 77.1. The summed E-state index contributed by atoms with van der Waals surface area (Å²) in [6.45, 7) is 9.27. The lowest BCUT2D eigenvalue weighted by atomic mass is 10.0. The van der Waals surface area contributed by atoms with E-state index in [0.29, 0.717) is 25.7 Å². The number of hydrogen-bond donors (Lipinski definition) is 3. The molecule has 0 heterocycles. The van der Waals surface area contributed by atoms with Crippen molar-refractivity contribution in [1.29, 1.82) is 0 Å². The average molecular weight is 1170 g/mol. The predicted molar refractivity (Wildman–Crippen MR) is 312 cm³/mol. The van der Waals surface area contributed by atoms with Gasteiger partial charge in [-0.05, 0) is 37.5 Å². The van der Waals surface area contributed by atoms with Crippen molar-refractivity contribution in [3.63, 3.8) is 0 Å². The van der Waals surface area contributed by atoms with Gasteiger partial charge in [-0.15, -0.1) is 0 Å². The van der Waals surface area contributed by atoms with Crippen molar-refractivity contribution in [2.45, 2.75) is 310 Å². The van der Waals surface area contributed by atoms with Crippen molar-refractivity contribution in [2.24, 2.45) is 11.8 Å². The van der Waals surface area contributed by atoms with Crippen LogP contribution in [0, 0.1) is 11.8 Å². The fourth-order valence-corrected chi connectivity index (χ4v) is 10.4. The van der Waals surface area contributed by atoms with E-state index in [1.165, 1.54) is 103 Å². The SMILES string of the molecule is CCCCCCCC(=O)OC[C@H](COP(=O)(O)OC[C@H](O)COP(=O)(O)OC[C@@H](COC(=O)CCCCCCCCCCC(C)C)OC(=O)CCCCCCCCCCCCCCCCCC(C)C)OC(=O)CCCCCCC. The third-order valence-corrected chi connectivity index (χ3v) is 15.6. The fraction of sp³-hybridized carbons (Fsp3) is 0.933. The molecule has 0 aromatic rings. The molecule has 79 heavy (non-hydrogen) atoms. The highest BCUT2D eigenvalue weighted by molar-refractivity contribution is 7.47. The first-order valence-electron chi connectivity index (χ1n) is 31.5. The Morgan fingerprint density at radius 1 is 0.342 bits per heavy atom. The number of carbonyl (C=O) groups excluding carboxylic acids is 4. The van der Waals surface area contributed by atoms with E-state index in [2.05, 4.69) is 41.5 Å². The van der Waals surface area contributed by atoms with E-state index in [-0.39, 0.29) is 25.7 Å². The van der Waals surface area contributed by atoms with Crippen LogP contribution in [0.25, 0.3) is 0 Å². The molecule has 19 heteroatoms. The molecule has 2 unspecified atom stereocenters. The van der Waals surface area contributed by atoms with E-state index in [4.69, 9.17) is 37.0 Å². The van der Waals surface area contributed by atoms with E-state index in [1.54, 1.807) is 0 Å². The summed E-state index contributed by atoms with van der Waals surface area (Å²) < 4.78 is 67.4. The minimum Gasteiger partial charge on any atom is -0.462 e. The Labute approximate surface area is 479 Å². The highest BCUT2D eigenvalue weighted by Crippen LogP contribution is 2.45. The Morgan fingerprint density at radius 2 is 0.582 bits per heavy atom. The lowest BCUT2D eigenvalue weighted by Gasteiger charge is -2.21. The van der Waals surface area contributed by atoms with Crippen LogP contribution in [0.1, 0.15) is 292 Å². The van der Waals surface area contributed by atoms with Gasteiger partial charge >= 0.3 is 39.5 Å². The van der Waals surface area contributed by atoms with E-state index < -0.39 is 97.5 Å². The van der Waals surface area contributed by atoms with Crippen LogP contribution in [-0.2, 0) is 65.4 Å². The molecule has 0 fully saturated rings. The van der Waals surface area contributed by atoms with Gasteiger partial charge in [0, 0.05) is 25.7 Å². The Bertz CT molecular complexity index is 1560. The molecule has 0 saturated carbocycles. The van der Waals surface area contributed by atoms with Crippen LogP contribution in [0.5, 0.6) is 0 Å². The highest BCUT2D eigenvalue weighted by Gasteiger charge is 2.30. The molecule has 0 aliphatic rings. The van der Waals surface area contributed by atoms with Gasteiger partial charge < -0.3 is 33.8 Å². The molecule has 468 valence electrons. The summed E-state index contributed by atoms with van der Waals surface area (Å²) in [6, 6.07) is 0. The molecule has 0 saturated heterocycles. The molecule has 0 radical (unpaired) electrons. The zero-order valence-corrected chi connectivity index (χ0v) is 52.4. The summed E-state index contributed by atoms with van der Waals surface area (Å²) in [4.78, 5) is 71.5. The molecule has 0 rings (SSSR count). The number of ether oxygens (including phenoxy) is 4. The lowest BCUT2D eigenvalue weighted by molar-refractivity contribution is -0.161. The number of phosphoric ester groups is 2. The zero-order valence-electron chi connectivity index (χ0n) is 50.7. The number of phosphoric acid groups is 2. The van der Waals surface area contributed by atoms with Gasteiger partial charge in [0.15, 0.2) is 12.2 Å². The molecule has 0 aromatic carbocycles. The quantitative estimate of drug-likeness (QED) is 0.0222. The van der Waals surface area contributed by atoms with E-state index in [1.807, 2.05) is 0 Å². The van der Waals surface area contributed by atoms with Crippen molar-refractivity contribution in [3.8, 4) is 0 Å². The third-order valence-electron chi connectivity index (χ3n) is 13.7. The van der Waals surface area contributed by atoms with Gasteiger partial charge in [-0.25, -0.2) is 9.13 Å². The van der Waals surface area contributed by atoms with Crippen molar-refractivity contribution in [1.82, 2.24) is 0 Å². The van der Waals surface area contributed by atoms with Crippen molar-refractivity contribution >= 4 is 39.5 Å². The number of aliphatic hydroxyl groups excluding tert-OH is 1. The topological polar surface area (TPSA) is 237 Å². The normalized spacial score (nSPS) is 14.4. The smallest absolute Gasteiger partial charge is 0.462 e. The first-order valence-corrected chi connectivity index (χ1v) is 34.5. The Hall–Kier alpha value is -1.94. The van der Waals surface area contributed by atoms with Gasteiger partial charge in [-0.1, -0.05) is 241 Å². The van der Waals surface area contributed by atoms with Crippen LogP contribution in [0.15, 0.2) is 0 Å². The second-order valence-electron chi connectivity index (χ2n) is 22.7. The Kier molecular flexibility index (Phi) is 51.5. The standard InChI is InChI=1S/C60H116O17P2/c1-7-9-11-28-36-42-57(62)70-48-55(76-59(64)44-38-29-12-10-8-2)50-74-78(66,67)72-46-54(61)47-73-79(68,69)75-51-56(49-71-58(63)43-37-32-26-23-22-25-31-35-41-53(5)6)77-60(65)45-39-33-27-21-19-17-15-13-14-16-18-20-24-30-34-40-52(3)4/h52-56,61H,7-51H2,1-6H3,(H,66,67)(H,68,69)/t54-,55+,56+/m0/s1. The number of unbranched alkanes of at least 4 members (excludes halogenated alkanes) is 29. The fourth-order valence-electron chi connectivity index (χ4n) is 8.82. The van der Waals surface area contributed by atoms with E-state index >= 15 is 0 Å². The number of esters is 4. The summed E-state index contributed by atoms with van der Waals surface area (Å²) in [5, 5.41) is 10.5. The van der Waals surface area contributed by atoms with Gasteiger partial charge in [-0.3, -0.25) is 37.3 Å². The molecule has 0 aromatic heterocycles. The largest absolute Gasteiger partial charge is 0.472 e. The summed E-state index contributed by atoms with van der Waals surface area (Å²) in [7, 11) is -9.86. The summed E-state index contributed by atoms with van der Waals surface area (Å²) in [5.74, 6) is -0.633. The molecule has 0 amide bonds. The molecule has 0 aliphatic carbocycles. The Balaban J connectivity index is 5.09. The van der Waals surface area contributed by atoms with Crippen molar-refractivity contribution < 1.29 is 80.2 Å². The highest BCUT2D eigenvalue weighted by atomic mass is 31.2. The molecule has 0 bridgehead atoms. The van der Waals surface area contributed by atoms with Crippen molar-refractivity contribution in [2.75, 3.05) is 39.6 Å². The zero-order chi connectivity index (χ0) is 58.7. The van der Waals surface area contributed by atoms with E-state index in [0.717, 1.165) is 108 Å². The van der Waals surface area contributed by atoms with E-state index in [9.17, 15) is 43.2 Å². The van der Waals surface area contributed by atoms with Crippen LogP contribution < -0.4 is 0 Å². The van der Waals surface area contributed by atoms with Crippen LogP contribution in [0.3, 0.4) is 0 Å². The summed E-state index contributed by atoms with van der Waals surface area (Å²) in [6.07, 6.45) is 34.3. The van der Waals surface area contributed by atoms with Crippen LogP contribution in [0.4, 0.5) is 0 Å².